The number of ether oxygens (including phenoxy) is 1. The highest BCUT2D eigenvalue weighted by molar-refractivity contribution is 5.98. The van der Waals surface area contributed by atoms with Gasteiger partial charge in [-0.25, -0.2) is 9.97 Å². The second kappa shape index (κ2) is 9.13. The van der Waals surface area contributed by atoms with E-state index in [1.54, 1.807) is 11.0 Å². The van der Waals surface area contributed by atoms with Gasteiger partial charge in [0.05, 0.1) is 13.7 Å². The molecule has 1 aliphatic rings. The summed E-state index contributed by atoms with van der Waals surface area (Å²) in [7, 11) is 1.35. The molecular weight excluding hydrogens is 497 g/mol. The molecule has 10 heteroatoms. The van der Waals surface area contributed by atoms with Crippen LogP contribution in [-0.2, 0) is 31.2 Å². The van der Waals surface area contributed by atoms with Crippen LogP contribution in [0.25, 0.3) is 22.4 Å². The third-order valence-corrected chi connectivity index (χ3v) is 6.73. The van der Waals surface area contributed by atoms with E-state index in [2.05, 4.69) is 42.9 Å². The van der Waals surface area contributed by atoms with Crippen LogP contribution in [0.4, 0.5) is 13.2 Å². The third kappa shape index (κ3) is 4.49. The highest BCUT2D eigenvalue weighted by Gasteiger charge is 2.34. The number of carbonyl (C=O) groups is 1. The van der Waals surface area contributed by atoms with Gasteiger partial charge in [0.2, 0.25) is 5.89 Å². The molecular formula is C28H27F3N4O3. The first kappa shape index (κ1) is 25.7. The second-order valence-corrected chi connectivity index (χ2v) is 10.3. The molecule has 2 aromatic carbocycles. The van der Waals surface area contributed by atoms with E-state index in [-0.39, 0.29) is 46.5 Å². The predicted octanol–water partition coefficient (Wildman–Crippen LogP) is 5.83. The van der Waals surface area contributed by atoms with E-state index in [1.807, 2.05) is 6.07 Å². The quantitative estimate of drug-likeness (QED) is 0.361. The fourth-order valence-corrected chi connectivity index (χ4v) is 4.63. The summed E-state index contributed by atoms with van der Waals surface area (Å²) in [5, 5.41) is 0.337. The van der Waals surface area contributed by atoms with Gasteiger partial charge in [0.25, 0.3) is 5.91 Å². The van der Waals surface area contributed by atoms with Crippen molar-refractivity contribution in [2.75, 3.05) is 7.11 Å². The van der Waals surface area contributed by atoms with Gasteiger partial charge in [-0.2, -0.15) is 13.2 Å². The number of carbonyl (C=O) groups excluding carboxylic acids is 1. The summed E-state index contributed by atoms with van der Waals surface area (Å²) < 4.78 is 51.0. The van der Waals surface area contributed by atoms with E-state index in [0.717, 1.165) is 17.2 Å². The van der Waals surface area contributed by atoms with Crippen molar-refractivity contribution in [2.24, 2.45) is 5.73 Å². The van der Waals surface area contributed by atoms with Crippen LogP contribution in [0.5, 0.6) is 5.75 Å². The Hall–Kier alpha value is -3.92. The number of oxazole rings is 1. The van der Waals surface area contributed by atoms with Crippen LogP contribution in [0, 0.1) is 0 Å². The van der Waals surface area contributed by atoms with Crippen molar-refractivity contribution in [3.05, 3.63) is 76.3 Å². The standard InChI is InChI=1S/C28H27F3N4O3/c1-27(2,3)17-6-5-15-13-35(14-16(15)11-17)26(36)24-21(12-32)38-25(34-24)19-7-9-20(37-4)23-18(19)8-10-22(33-23)28(29,30)31/h5-11H,12-14,32H2,1-4H3. The zero-order valence-corrected chi connectivity index (χ0v) is 21.4. The Balaban J connectivity index is 1.51. The molecule has 38 heavy (non-hydrogen) atoms. The van der Waals surface area contributed by atoms with Gasteiger partial charge in [-0.05, 0) is 46.4 Å². The maximum Gasteiger partial charge on any atom is 0.433 e. The molecule has 4 aromatic rings. The molecule has 0 bridgehead atoms. The van der Waals surface area contributed by atoms with E-state index >= 15 is 0 Å². The Labute approximate surface area is 217 Å². The summed E-state index contributed by atoms with van der Waals surface area (Å²) in [4.78, 5) is 23.5. The molecule has 7 nitrogen and oxygen atoms in total. The number of benzene rings is 2. The Morgan fingerprint density at radius 1 is 1.05 bits per heavy atom. The number of fused-ring (bicyclic) bond motifs is 2. The SMILES string of the molecule is COc1ccc(-c2nc(C(=O)N3Cc4ccc(C(C)(C)C)cc4C3)c(CN)o2)c2ccc(C(F)(F)F)nc12. The largest absolute Gasteiger partial charge is 0.494 e. The number of hydrogen-bond donors (Lipinski definition) is 1. The molecule has 5 rings (SSSR count). The van der Waals surface area contributed by atoms with E-state index in [1.165, 1.54) is 24.8 Å². The van der Waals surface area contributed by atoms with Crippen molar-refractivity contribution in [1.82, 2.24) is 14.9 Å². The minimum absolute atomic E-state index is 0.00449. The fourth-order valence-electron chi connectivity index (χ4n) is 4.63. The number of methoxy groups -OCH3 is 1. The van der Waals surface area contributed by atoms with Gasteiger partial charge in [0, 0.05) is 24.0 Å². The number of rotatable bonds is 4. The van der Waals surface area contributed by atoms with Crippen LogP contribution in [0.1, 0.15) is 59.4 Å². The van der Waals surface area contributed by atoms with Gasteiger partial charge in [0.1, 0.15) is 17.0 Å². The maximum absolute atomic E-state index is 13.5. The zero-order chi connectivity index (χ0) is 27.4. The minimum atomic E-state index is -4.62. The van der Waals surface area contributed by atoms with E-state index < -0.39 is 11.9 Å². The van der Waals surface area contributed by atoms with Gasteiger partial charge >= 0.3 is 6.18 Å². The van der Waals surface area contributed by atoms with Crippen LogP contribution >= 0.6 is 0 Å². The number of alkyl halides is 3. The van der Waals surface area contributed by atoms with Crippen molar-refractivity contribution in [1.29, 1.82) is 0 Å². The van der Waals surface area contributed by atoms with Crippen LogP contribution < -0.4 is 10.5 Å². The lowest BCUT2D eigenvalue weighted by Crippen LogP contribution is -2.27. The first-order chi connectivity index (χ1) is 17.9. The van der Waals surface area contributed by atoms with E-state index in [4.69, 9.17) is 14.9 Å². The Morgan fingerprint density at radius 2 is 1.79 bits per heavy atom. The van der Waals surface area contributed by atoms with E-state index in [9.17, 15) is 18.0 Å². The van der Waals surface area contributed by atoms with Crippen LogP contribution in [0.2, 0.25) is 0 Å². The number of aromatic nitrogens is 2. The molecule has 0 saturated carbocycles. The molecule has 0 radical (unpaired) electrons. The lowest BCUT2D eigenvalue weighted by molar-refractivity contribution is -0.140. The third-order valence-electron chi connectivity index (χ3n) is 6.73. The molecule has 0 unspecified atom stereocenters. The molecule has 0 spiro atoms. The van der Waals surface area contributed by atoms with Crippen molar-refractivity contribution in [2.45, 2.75) is 52.0 Å². The second-order valence-electron chi connectivity index (χ2n) is 10.3. The Bertz CT molecular complexity index is 1550. The average Bonchev–Trinajstić information content (AvgIpc) is 3.50. The normalized spacial score (nSPS) is 13.7. The van der Waals surface area contributed by atoms with Crippen molar-refractivity contribution < 1.29 is 27.1 Å². The number of nitrogens with zero attached hydrogens (tertiary/aromatic N) is 3. The summed E-state index contributed by atoms with van der Waals surface area (Å²) in [6, 6.07) is 11.5. The Morgan fingerprint density at radius 3 is 2.45 bits per heavy atom. The summed E-state index contributed by atoms with van der Waals surface area (Å²) in [6.07, 6.45) is -4.62. The van der Waals surface area contributed by atoms with E-state index in [0.29, 0.717) is 24.0 Å². The smallest absolute Gasteiger partial charge is 0.433 e. The lowest BCUT2D eigenvalue weighted by Gasteiger charge is -2.19. The highest BCUT2D eigenvalue weighted by Crippen LogP contribution is 2.37. The van der Waals surface area contributed by atoms with Crippen LogP contribution in [0.15, 0.2) is 46.9 Å². The first-order valence-electron chi connectivity index (χ1n) is 12.1. The monoisotopic (exact) mass is 524 g/mol. The average molecular weight is 525 g/mol. The summed E-state index contributed by atoms with van der Waals surface area (Å²) in [5.41, 5.74) is 8.62. The minimum Gasteiger partial charge on any atom is -0.494 e. The summed E-state index contributed by atoms with van der Waals surface area (Å²) >= 11 is 0. The van der Waals surface area contributed by atoms with Crippen LogP contribution in [-0.4, -0.2) is 27.9 Å². The molecule has 0 atom stereocenters. The molecule has 2 aromatic heterocycles. The molecule has 3 heterocycles. The molecule has 0 aliphatic carbocycles. The molecule has 198 valence electrons. The summed E-state index contributed by atoms with van der Waals surface area (Å²) in [5.74, 6) is 0.0976. The predicted molar refractivity (Wildman–Crippen MR) is 135 cm³/mol. The van der Waals surface area contributed by atoms with Crippen molar-refractivity contribution in [3.63, 3.8) is 0 Å². The lowest BCUT2D eigenvalue weighted by atomic mass is 9.85. The number of nitrogens with two attached hydrogens (primary N) is 1. The van der Waals surface area contributed by atoms with Gasteiger partial charge < -0.3 is 19.8 Å². The highest BCUT2D eigenvalue weighted by atomic mass is 19.4. The zero-order valence-electron chi connectivity index (χ0n) is 21.4. The van der Waals surface area contributed by atoms with Gasteiger partial charge in [-0.3, -0.25) is 4.79 Å². The number of hydrogen-bond acceptors (Lipinski definition) is 6. The Kier molecular flexibility index (Phi) is 6.18. The fraction of sp³-hybridized carbons (Fsp3) is 0.321. The van der Waals surface area contributed by atoms with Gasteiger partial charge in [-0.1, -0.05) is 39.0 Å². The van der Waals surface area contributed by atoms with Crippen molar-refractivity contribution >= 4 is 16.8 Å². The van der Waals surface area contributed by atoms with Crippen molar-refractivity contribution in [3.8, 4) is 17.2 Å². The number of pyridine rings is 1. The topological polar surface area (TPSA) is 94.5 Å². The molecule has 2 N–H and O–H groups in total. The number of amides is 1. The summed E-state index contributed by atoms with van der Waals surface area (Å²) in [6.45, 7) is 7.20. The molecule has 0 fully saturated rings. The first-order valence-corrected chi connectivity index (χ1v) is 12.1. The molecule has 1 amide bonds. The molecule has 0 saturated heterocycles. The maximum atomic E-state index is 13.5. The number of halogens is 3. The van der Waals surface area contributed by atoms with Crippen LogP contribution in [0.3, 0.4) is 0 Å². The van der Waals surface area contributed by atoms with Gasteiger partial charge in [0.15, 0.2) is 11.5 Å². The molecule has 1 aliphatic heterocycles. The van der Waals surface area contributed by atoms with Gasteiger partial charge in [-0.15, -0.1) is 0 Å².